The van der Waals surface area contributed by atoms with Crippen LogP contribution in [-0.4, -0.2) is 29.0 Å². The standard InChI is InChI=1S/C27H19ClFN3O4/c28-22-6-2-4-8-24(22)36-14-13-31-16-17(20-5-1-3-7-23(20)31)15-21-25(33)30-27(35)32(26(21)34)19-11-9-18(29)10-12-19/h1-12,15-16H,13-14H2,(H,30,33,35)/b21-15-. The quantitative estimate of drug-likeness (QED) is 0.290. The summed E-state index contributed by atoms with van der Waals surface area (Å²) in [5.41, 5.74) is 1.43. The Bertz CT molecular complexity index is 1530. The minimum atomic E-state index is -0.895. The Morgan fingerprint density at radius 1 is 0.944 bits per heavy atom. The molecule has 7 nitrogen and oxygen atoms in total. The number of ether oxygens (including phenoxy) is 1. The predicted octanol–water partition coefficient (Wildman–Crippen LogP) is 5.18. The van der Waals surface area contributed by atoms with Crippen LogP contribution in [0, 0.1) is 5.82 Å². The van der Waals surface area contributed by atoms with Gasteiger partial charge in [-0.05, 0) is 48.5 Å². The number of benzene rings is 3. The lowest BCUT2D eigenvalue weighted by molar-refractivity contribution is -0.122. The van der Waals surface area contributed by atoms with Crippen LogP contribution in [0.5, 0.6) is 5.75 Å². The van der Waals surface area contributed by atoms with E-state index in [-0.39, 0.29) is 11.3 Å². The van der Waals surface area contributed by atoms with Crippen LogP contribution in [-0.2, 0) is 16.1 Å². The molecule has 0 bridgehead atoms. The van der Waals surface area contributed by atoms with E-state index < -0.39 is 23.7 Å². The Hall–Kier alpha value is -4.43. The van der Waals surface area contributed by atoms with E-state index in [9.17, 15) is 18.8 Å². The highest BCUT2D eigenvalue weighted by Gasteiger charge is 2.37. The highest BCUT2D eigenvalue weighted by atomic mass is 35.5. The van der Waals surface area contributed by atoms with Gasteiger partial charge in [0.2, 0.25) is 0 Å². The summed E-state index contributed by atoms with van der Waals surface area (Å²) in [5, 5.41) is 3.51. The third kappa shape index (κ3) is 4.46. The molecule has 3 aromatic carbocycles. The molecule has 1 N–H and O–H groups in total. The average molecular weight is 504 g/mol. The zero-order valence-electron chi connectivity index (χ0n) is 18.8. The van der Waals surface area contributed by atoms with Crippen LogP contribution in [0.3, 0.4) is 0 Å². The largest absolute Gasteiger partial charge is 0.490 e. The molecule has 4 amide bonds. The number of nitrogens with one attached hydrogen (secondary N) is 1. The minimum Gasteiger partial charge on any atom is -0.490 e. The molecule has 1 aliphatic rings. The Balaban J connectivity index is 1.45. The molecule has 0 aliphatic carbocycles. The van der Waals surface area contributed by atoms with E-state index in [0.29, 0.717) is 29.5 Å². The van der Waals surface area contributed by atoms with Crippen molar-refractivity contribution in [3.05, 3.63) is 101 Å². The first kappa shape index (κ1) is 23.3. The predicted molar refractivity (Wildman–Crippen MR) is 134 cm³/mol. The molecule has 4 aromatic rings. The number of carbonyl (C=O) groups is 3. The Morgan fingerprint density at radius 2 is 1.67 bits per heavy atom. The van der Waals surface area contributed by atoms with Gasteiger partial charge >= 0.3 is 6.03 Å². The van der Waals surface area contributed by atoms with Crippen LogP contribution < -0.4 is 15.0 Å². The van der Waals surface area contributed by atoms with E-state index in [1.165, 1.54) is 18.2 Å². The third-order valence-electron chi connectivity index (χ3n) is 5.73. The molecule has 180 valence electrons. The number of hydrogen-bond donors (Lipinski definition) is 1. The number of rotatable bonds is 6. The molecule has 5 rings (SSSR count). The molecule has 0 radical (unpaired) electrons. The zero-order valence-corrected chi connectivity index (χ0v) is 19.5. The van der Waals surface area contributed by atoms with Gasteiger partial charge in [-0.15, -0.1) is 0 Å². The Labute approximate surface area is 210 Å². The lowest BCUT2D eigenvalue weighted by Gasteiger charge is -2.26. The van der Waals surface area contributed by atoms with Crippen LogP contribution in [0.2, 0.25) is 5.02 Å². The highest BCUT2D eigenvalue weighted by molar-refractivity contribution is 6.39. The lowest BCUT2D eigenvalue weighted by atomic mass is 10.1. The molecule has 1 aromatic heterocycles. The molecule has 1 fully saturated rings. The van der Waals surface area contributed by atoms with Crippen molar-refractivity contribution in [2.24, 2.45) is 0 Å². The zero-order chi connectivity index (χ0) is 25.2. The first-order chi connectivity index (χ1) is 17.4. The van der Waals surface area contributed by atoms with Gasteiger partial charge in [0, 0.05) is 22.7 Å². The minimum absolute atomic E-state index is 0.149. The summed E-state index contributed by atoms with van der Waals surface area (Å²) in [6.07, 6.45) is 3.27. The molecule has 0 spiro atoms. The fraction of sp³-hybridized carbons (Fsp3) is 0.0741. The van der Waals surface area contributed by atoms with Gasteiger partial charge in [0.15, 0.2) is 0 Å². The monoisotopic (exact) mass is 503 g/mol. The summed E-state index contributed by atoms with van der Waals surface area (Å²) >= 11 is 6.16. The molecule has 0 unspecified atom stereocenters. The normalized spacial score (nSPS) is 15.0. The molecule has 9 heteroatoms. The second-order valence-electron chi connectivity index (χ2n) is 8.01. The van der Waals surface area contributed by atoms with Gasteiger partial charge in [-0.1, -0.05) is 41.9 Å². The second kappa shape index (κ2) is 9.67. The molecule has 1 saturated heterocycles. The van der Waals surface area contributed by atoms with Gasteiger partial charge in [-0.25, -0.2) is 14.1 Å². The van der Waals surface area contributed by atoms with E-state index in [0.717, 1.165) is 27.9 Å². The molecule has 1 aliphatic heterocycles. The number of barbiturate groups is 1. The maximum absolute atomic E-state index is 13.3. The van der Waals surface area contributed by atoms with Gasteiger partial charge in [0.1, 0.15) is 23.7 Å². The summed E-state index contributed by atoms with van der Waals surface area (Å²) in [7, 11) is 0. The number of imide groups is 2. The number of aromatic nitrogens is 1. The first-order valence-electron chi connectivity index (χ1n) is 11.0. The highest BCUT2D eigenvalue weighted by Crippen LogP contribution is 2.27. The van der Waals surface area contributed by atoms with Crippen molar-refractivity contribution < 1.29 is 23.5 Å². The van der Waals surface area contributed by atoms with Crippen molar-refractivity contribution in [3.63, 3.8) is 0 Å². The van der Waals surface area contributed by atoms with Gasteiger partial charge in [-0.2, -0.15) is 0 Å². The van der Waals surface area contributed by atoms with E-state index in [4.69, 9.17) is 16.3 Å². The van der Waals surface area contributed by atoms with Gasteiger partial charge < -0.3 is 9.30 Å². The first-order valence-corrected chi connectivity index (χ1v) is 11.4. The van der Waals surface area contributed by atoms with Gasteiger partial charge in [-0.3, -0.25) is 14.9 Å². The fourth-order valence-electron chi connectivity index (χ4n) is 4.03. The number of anilines is 1. The lowest BCUT2D eigenvalue weighted by Crippen LogP contribution is -2.54. The molecule has 2 heterocycles. The summed E-state index contributed by atoms with van der Waals surface area (Å²) in [4.78, 5) is 39.0. The van der Waals surface area contributed by atoms with E-state index in [2.05, 4.69) is 5.32 Å². The number of hydrogen-bond acceptors (Lipinski definition) is 4. The van der Waals surface area contributed by atoms with E-state index >= 15 is 0 Å². The second-order valence-corrected chi connectivity index (χ2v) is 8.42. The third-order valence-corrected chi connectivity index (χ3v) is 6.04. The van der Waals surface area contributed by atoms with Crippen molar-refractivity contribution in [2.75, 3.05) is 11.5 Å². The van der Waals surface area contributed by atoms with Crippen LogP contribution in [0.15, 0.2) is 84.6 Å². The van der Waals surface area contributed by atoms with Crippen LogP contribution >= 0.6 is 11.6 Å². The number of urea groups is 1. The number of amides is 4. The molecular formula is C27H19ClFN3O4. The summed E-state index contributed by atoms with van der Waals surface area (Å²) in [6, 6.07) is 18.7. The van der Waals surface area contributed by atoms with Crippen molar-refractivity contribution >= 4 is 52.1 Å². The van der Waals surface area contributed by atoms with Crippen LogP contribution in [0.1, 0.15) is 5.56 Å². The summed E-state index contributed by atoms with van der Waals surface area (Å²) in [6.45, 7) is 0.819. The topological polar surface area (TPSA) is 80.6 Å². The molecule has 36 heavy (non-hydrogen) atoms. The molecule has 0 saturated carbocycles. The Kier molecular flexibility index (Phi) is 6.26. The fourth-order valence-corrected chi connectivity index (χ4v) is 4.22. The maximum Gasteiger partial charge on any atom is 0.335 e. The number of carbonyl (C=O) groups excluding carboxylic acids is 3. The van der Waals surface area contributed by atoms with Crippen molar-refractivity contribution in [1.29, 1.82) is 0 Å². The molecular weight excluding hydrogens is 485 g/mol. The average Bonchev–Trinajstić information content (AvgIpc) is 3.21. The SMILES string of the molecule is O=C1NC(=O)N(c2ccc(F)cc2)C(=O)/C1=C\c1cn(CCOc2ccccc2Cl)c2ccccc12. The van der Waals surface area contributed by atoms with Crippen molar-refractivity contribution in [2.45, 2.75) is 6.54 Å². The van der Waals surface area contributed by atoms with Crippen molar-refractivity contribution in [1.82, 2.24) is 9.88 Å². The van der Waals surface area contributed by atoms with E-state index in [1.807, 2.05) is 47.2 Å². The van der Waals surface area contributed by atoms with Crippen LogP contribution in [0.25, 0.3) is 17.0 Å². The number of fused-ring (bicyclic) bond motifs is 1. The van der Waals surface area contributed by atoms with Gasteiger partial charge in [0.25, 0.3) is 11.8 Å². The van der Waals surface area contributed by atoms with Crippen LogP contribution in [0.4, 0.5) is 14.9 Å². The number of nitrogens with zero attached hydrogens (tertiary/aromatic N) is 2. The summed E-state index contributed by atoms with van der Waals surface area (Å²) < 4.78 is 21.1. The smallest absolute Gasteiger partial charge is 0.335 e. The van der Waals surface area contributed by atoms with Gasteiger partial charge in [0.05, 0.1) is 17.3 Å². The number of halogens is 2. The van der Waals surface area contributed by atoms with Crippen molar-refractivity contribution in [3.8, 4) is 5.75 Å². The molecule has 0 atom stereocenters. The maximum atomic E-state index is 13.3. The Morgan fingerprint density at radius 3 is 2.44 bits per heavy atom. The van der Waals surface area contributed by atoms with E-state index in [1.54, 1.807) is 12.1 Å². The summed E-state index contributed by atoms with van der Waals surface area (Å²) in [5.74, 6) is -1.54. The number of para-hydroxylation sites is 2.